The summed E-state index contributed by atoms with van der Waals surface area (Å²) in [5.41, 5.74) is 0.641. The molecule has 0 spiro atoms. The number of nitrogens with one attached hydrogen (secondary N) is 1. The molecule has 2 N–H and O–H groups in total. The van der Waals surface area contributed by atoms with Crippen molar-refractivity contribution in [3.05, 3.63) is 23.9 Å². The van der Waals surface area contributed by atoms with Gasteiger partial charge in [-0.1, -0.05) is 0 Å². The molecule has 0 aliphatic carbocycles. The van der Waals surface area contributed by atoms with Gasteiger partial charge in [-0.2, -0.15) is 10.3 Å². The third kappa shape index (κ3) is 2.10. The van der Waals surface area contributed by atoms with Crippen molar-refractivity contribution in [2.45, 2.75) is 0 Å². The summed E-state index contributed by atoms with van der Waals surface area (Å²) in [6.07, 6.45) is 0. The zero-order valence-corrected chi connectivity index (χ0v) is 9.80. The average molecular weight is 249 g/mol. The highest BCUT2D eigenvalue weighted by Gasteiger charge is 2.18. The van der Waals surface area contributed by atoms with Gasteiger partial charge in [0.25, 0.3) is 0 Å². The molecule has 7 nitrogen and oxygen atoms in total. The van der Waals surface area contributed by atoms with Crippen LogP contribution >= 0.6 is 0 Å². The lowest BCUT2D eigenvalue weighted by Gasteiger charge is -2.06. The van der Waals surface area contributed by atoms with Gasteiger partial charge < -0.3 is 14.6 Å². The number of nitrogens with zero attached hydrogens (tertiary/aromatic N) is 2. The van der Waals surface area contributed by atoms with Crippen LogP contribution in [0.25, 0.3) is 11.3 Å². The second-order valence-electron chi connectivity index (χ2n) is 3.43. The summed E-state index contributed by atoms with van der Waals surface area (Å²) in [6, 6.07) is 5.00. The number of carbonyl (C=O) groups is 1. The standard InChI is InChI=1S/C11H11N3O4/c1-17-7-3-6(4-8(5-7)18-2)9-10(11(15)16)13-14-12-9/h3-5H,1-2H3,(H,15,16)(H,12,13,14). The van der Waals surface area contributed by atoms with Crippen molar-refractivity contribution in [2.24, 2.45) is 0 Å². The van der Waals surface area contributed by atoms with Gasteiger partial charge in [-0.05, 0) is 12.1 Å². The van der Waals surface area contributed by atoms with Gasteiger partial charge >= 0.3 is 5.97 Å². The molecule has 94 valence electrons. The van der Waals surface area contributed by atoms with Crippen molar-refractivity contribution in [3.63, 3.8) is 0 Å². The maximum Gasteiger partial charge on any atom is 0.358 e. The minimum absolute atomic E-state index is 0.148. The monoisotopic (exact) mass is 249 g/mol. The van der Waals surface area contributed by atoms with E-state index in [0.717, 1.165) is 0 Å². The van der Waals surface area contributed by atoms with Gasteiger partial charge in [0.15, 0.2) is 5.69 Å². The number of carboxylic acid groups (broad SMARTS) is 1. The Bertz CT molecular complexity index is 557. The summed E-state index contributed by atoms with van der Waals surface area (Å²) < 4.78 is 10.2. The van der Waals surface area contributed by atoms with E-state index in [9.17, 15) is 4.79 Å². The van der Waals surface area contributed by atoms with Crippen molar-refractivity contribution < 1.29 is 19.4 Å². The molecular weight excluding hydrogens is 238 g/mol. The third-order valence-electron chi connectivity index (χ3n) is 2.38. The van der Waals surface area contributed by atoms with Crippen LogP contribution in [0.2, 0.25) is 0 Å². The zero-order valence-electron chi connectivity index (χ0n) is 9.80. The lowest BCUT2D eigenvalue weighted by atomic mass is 10.1. The fraction of sp³-hybridized carbons (Fsp3) is 0.182. The second kappa shape index (κ2) is 4.74. The van der Waals surface area contributed by atoms with Crippen LogP contribution in [0, 0.1) is 0 Å². The molecule has 0 aliphatic rings. The third-order valence-corrected chi connectivity index (χ3v) is 2.38. The number of methoxy groups -OCH3 is 2. The lowest BCUT2D eigenvalue weighted by Crippen LogP contribution is -1.99. The summed E-state index contributed by atoms with van der Waals surface area (Å²) in [4.78, 5) is 11.0. The van der Waals surface area contributed by atoms with Crippen molar-refractivity contribution in [1.82, 2.24) is 15.4 Å². The molecule has 0 atom stereocenters. The highest BCUT2D eigenvalue weighted by Crippen LogP contribution is 2.29. The maximum atomic E-state index is 11.0. The predicted molar refractivity (Wildman–Crippen MR) is 61.9 cm³/mol. The Kier molecular flexibility index (Phi) is 3.13. The minimum atomic E-state index is -1.15. The number of rotatable bonds is 4. The van der Waals surface area contributed by atoms with Gasteiger partial charge in [0.05, 0.1) is 14.2 Å². The normalized spacial score (nSPS) is 10.1. The molecule has 0 radical (unpaired) electrons. The van der Waals surface area contributed by atoms with E-state index in [0.29, 0.717) is 17.1 Å². The number of benzene rings is 1. The first kappa shape index (κ1) is 11.9. The molecule has 0 aliphatic heterocycles. The van der Waals surface area contributed by atoms with Crippen LogP contribution in [0.5, 0.6) is 11.5 Å². The van der Waals surface area contributed by atoms with Crippen molar-refractivity contribution in [1.29, 1.82) is 0 Å². The van der Waals surface area contributed by atoms with Crippen molar-refractivity contribution in [3.8, 4) is 22.8 Å². The molecule has 0 bridgehead atoms. The molecule has 1 heterocycles. The van der Waals surface area contributed by atoms with Gasteiger partial charge in [-0.3, -0.25) is 0 Å². The number of H-pyrrole nitrogens is 1. The quantitative estimate of drug-likeness (QED) is 0.844. The van der Waals surface area contributed by atoms with Crippen LogP contribution in [0.3, 0.4) is 0 Å². The van der Waals surface area contributed by atoms with E-state index in [4.69, 9.17) is 14.6 Å². The number of aromatic nitrogens is 3. The van der Waals surface area contributed by atoms with Gasteiger partial charge in [-0.15, -0.1) is 5.10 Å². The Morgan fingerprint density at radius 1 is 1.17 bits per heavy atom. The molecule has 0 fully saturated rings. The van der Waals surface area contributed by atoms with Gasteiger partial charge in [0.1, 0.15) is 17.2 Å². The Labute approximate surface area is 102 Å². The van der Waals surface area contributed by atoms with E-state index in [1.807, 2.05) is 0 Å². The van der Waals surface area contributed by atoms with E-state index in [-0.39, 0.29) is 11.4 Å². The van der Waals surface area contributed by atoms with Gasteiger partial charge in [0, 0.05) is 11.6 Å². The molecule has 0 amide bonds. The smallest absolute Gasteiger partial charge is 0.358 e. The molecule has 18 heavy (non-hydrogen) atoms. The lowest BCUT2D eigenvalue weighted by molar-refractivity contribution is 0.0691. The maximum absolute atomic E-state index is 11.0. The minimum Gasteiger partial charge on any atom is -0.497 e. The summed E-state index contributed by atoms with van der Waals surface area (Å²) in [5, 5.41) is 18.7. The fourth-order valence-electron chi connectivity index (χ4n) is 1.53. The summed E-state index contributed by atoms with van der Waals surface area (Å²) in [7, 11) is 3.03. The second-order valence-corrected chi connectivity index (χ2v) is 3.43. The SMILES string of the molecule is COc1cc(OC)cc(-c2n[nH]nc2C(=O)O)c1. The average Bonchev–Trinajstić information content (AvgIpc) is 2.87. The van der Waals surface area contributed by atoms with E-state index in [1.54, 1.807) is 18.2 Å². The number of aromatic carboxylic acids is 1. The largest absolute Gasteiger partial charge is 0.497 e. The Morgan fingerprint density at radius 2 is 1.78 bits per heavy atom. The van der Waals surface area contributed by atoms with Crippen molar-refractivity contribution in [2.75, 3.05) is 14.2 Å². The van der Waals surface area contributed by atoms with E-state index in [1.165, 1.54) is 14.2 Å². The Hall–Kier alpha value is -2.57. The first-order chi connectivity index (χ1) is 8.65. The van der Waals surface area contributed by atoms with E-state index in [2.05, 4.69) is 15.4 Å². The molecule has 0 unspecified atom stereocenters. The van der Waals surface area contributed by atoms with E-state index < -0.39 is 5.97 Å². The molecule has 0 saturated heterocycles. The molecule has 2 rings (SSSR count). The van der Waals surface area contributed by atoms with Crippen molar-refractivity contribution >= 4 is 5.97 Å². The Balaban J connectivity index is 2.55. The van der Waals surface area contributed by atoms with Crippen LogP contribution in [0.4, 0.5) is 0 Å². The summed E-state index contributed by atoms with van der Waals surface area (Å²) in [5.74, 6) is -0.0621. The molecule has 1 aromatic carbocycles. The van der Waals surface area contributed by atoms with Gasteiger partial charge in [0.2, 0.25) is 0 Å². The van der Waals surface area contributed by atoms with Gasteiger partial charge in [-0.25, -0.2) is 4.79 Å². The highest BCUT2D eigenvalue weighted by molar-refractivity contribution is 5.92. The summed E-state index contributed by atoms with van der Waals surface area (Å²) in [6.45, 7) is 0. The van der Waals surface area contributed by atoms with E-state index >= 15 is 0 Å². The fourth-order valence-corrected chi connectivity index (χ4v) is 1.53. The Morgan fingerprint density at radius 3 is 2.28 bits per heavy atom. The number of hydrogen-bond acceptors (Lipinski definition) is 5. The number of aromatic amines is 1. The molecule has 0 saturated carbocycles. The van der Waals surface area contributed by atoms with Crippen LogP contribution in [-0.2, 0) is 0 Å². The first-order valence-corrected chi connectivity index (χ1v) is 5.03. The molecule has 2 aromatic rings. The zero-order chi connectivity index (χ0) is 13.1. The molecule has 7 heteroatoms. The highest BCUT2D eigenvalue weighted by atomic mass is 16.5. The molecular formula is C11H11N3O4. The summed E-state index contributed by atoms with van der Waals surface area (Å²) >= 11 is 0. The topological polar surface area (TPSA) is 97.3 Å². The van der Waals surface area contributed by atoms with Crippen LogP contribution < -0.4 is 9.47 Å². The number of hydrogen-bond donors (Lipinski definition) is 2. The first-order valence-electron chi connectivity index (χ1n) is 5.03. The van der Waals surface area contributed by atoms with Crippen LogP contribution in [0.15, 0.2) is 18.2 Å². The predicted octanol–water partition coefficient (Wildman–Crippen LogP) is 1.19. The van der Waals surface area contributed by atoms with Crippen LogP contribution in [-0.4, -0.2) is 40.7 Å². The molecule has 1 aromatic heterocycles. The number of ether oxygens (including phenoxy) is 2. The number of carboxylic acids is 1. The van der Waals surface area contributed by atoms with Crippen LogP contribution in [0.1, 0.15) is 10.5 Å².